The van der Waals surface area contributed by atoms with Crippen LogP contribution in [-0.2, 0) is 0 Å². The second-order valence-corrected chi connectivity index (χ2v) is 7.27. The highest BCUT2D eigenvalue weighted by Crippen LogP contribution is 2.37. The Morgan fingerprint density at radius 1 is 1.55 bits per heavy atom. The predicted octanol–water partition coefficient (Wildman–Crippen LogP) is 4.08. The second-order valence-electron chi connectivity index (χ2n) is 4.42. The molecule has 2 rings (SSSR count). The maximum atomic E-state index is 12.4. The molecule has 0 bridgehead atoms. The molecular weight excluding hydrogens is 358 g/mol. The Morgan fingerprint density at radius 3 is 2.75 bits per heavy atom. The van der Waals surface area contributed by atoms with Gasteiger partial charge in [0.2, 0.25) is 5.78 Å². The Hall–Kier alpha value is -1.36. The molecule has 2 aromatic rings. The molecule has 0 saturated carbocycles. The van der Waals surface area contributed by atoms with Crippen molar-refractivity contribution < 1.29 is 4.79 Å². The lowest BCUT2D eigenvalue weighted by molar-refractivity contribution is 0.104. The van der Waals surface area contributed by atoms with Crippen molar-refractivity contribution in [2.45, 2.75) is 19.9 Å². The molecule has 3 N–H and O–H groups in total. The number of hydrogen-bond acceptors (Lipinski definition) is 6. The van der Waals surface area contributed by atoms with Gasteiger partial charge in [0.15, 0.2) is 0 Å². The molecule has 104 valence electrons. The van der Waals surface area contributed by atoms with Crippen LogP contribution in [0.25, 0.3) is 0 Å². The molecule has 0 aliphatic carbocycles. The van der Waals surface area contributed by atoms with Crippen molar-refractivity contribution >= 4 is 55.1 Å². The normalized spacial score (nSPS) is 10.6. The van der Waals surface area contributed by atoms with E-state index in [1.807, 2.05) is 19.2 Å². The summed E-state index contributed by atoms with van der Waals surface area (Å²) < 4.78 is 0.863. The summed E-state index contributed by atoms with van der Waals surface area (Å²) in [6, 6.07) is 3.99. The van der Waals surface area contributed by atoms with Crippen LogP contribution < -0.4 is 11.1 Å². The van der Waals surface area contributed by atoms with Crippen LogP contribution in [-0.4, -0.2) is 11.8 Å². The van der Waals surface area contributed by atoms with Crippen molar-refractivity contribution in [3.63, 3.8) is 0 Å². The fraction of sp³-hybridized carbons (Fsp3) is 0.231. The van der Waals surface area contributed by atoms with Crippen molar-refractivity contribution in [1.29, 1.82) is 5.26 Å². The number of rotatable bonds is 4. The van der Waals surface area contributed by atoms with Gasteiger partial charge in [-0.25, -0.2) is 0 Å². The van der Waals surface area contributed by atoms with E-state index in [1.165, 1.54) is 22.7 Å². The van der Waals surface area contributed by atoms with E-state index in [4.69, 9.17) is 5.73 Å². The minimum Gasteiger partial charge on any atom is -0.396 e. The highest BCUT2D eigenvalue weighted by Gasteiger charge is 2.23. The molecule has 7 heteroatoms. The number of thiophene rings is 2. The van der Waals surface area contributed by atoms with Gasteiger partial charge in [0.25, 0.3) is 0 Å². The van der Waals surface area contributed by atoms with Gasteiger partial charge in [-0.15, -0.1) is 22.7 Å². The van der Waals surface area contributed by atoms with Gasteiger partial charge in [-0.05, 0) is 35.8 Å². The number of anilines is 2. The lowest BCUT2D eigenvalue weighted by Crippen LogP contribution is -2.09. The van der Waals surface area contributed by atoms with Crippen molar-refractivity contribution in [3.8, 4) is 6.07 Å². The van der Waals surface area contributed by atoms with E-state index >= 15 is 0 Å². The number of nitrogens with one attached hydrogen (secondary N) is 1. The lowest BCUT2D eigenvalue weighted by atomic mass is 10.2. The summed E-state index contributed by atoms with van der Waals surface area (Å²) >= 11 is 5.91. The van der Waals surface area contributed by atoms with Crippen LogP contribution >= 0.6 is 38.6 Å². The molecule has 0 aliphatic heterocycles. The van der Waals surface area contributed by atoms with Crippen LogP contribution in [0, 0.1) is 11.3 Å². The zero-order chi connectivity index (χ0) is 14.9. The molecule has 2 heterocycles. The number of nitrogen functional groups attached to an aromatic ring is 1. The van der Waals surface area contributed by atoms with Gasteiger partial charge in [0.05, 0.1) is 10.6 Å². The van der Waals surface area contributed by atoms with Gasteiger partial charge in [-0.3, -0.25) is 4.79 Å². The molecule has 0 unspecified atom stereocenters. The first kappa shape index (κ1) is 15.0. The monoisotopic (exact) mass is 369 g/mol. The first-order chi connectivity index (χ1) is 9.43. The Morgan fingerprint density at radius 2 is 2.25 bits per heavy atom. The maximum Gasteiger partial charge on any atom is 0.215 e. The summed E-state index contributed by atoms with van der Waals surface area (Å²) in [5.41, 5.74) is 6.56. The lowest BCUT2D eigenvalue weighted by Gasteiger charge is -2.06. The highest BCUT2D eigenvalue weighted by atomic mass is 79.9. The number of halogens is 1. The average Bonchev–Trinajstić information content (AvgIpc) is 2.92. The minimum absolute atomic E-state index is 0.142. The molecular formula is C13H12BrN3OS2. The van der Waals surface area contributed by atoms with Gasteiger partial charge in [0, 0.05) is 15.9 Å². The third kappa shape index (κ3) is 2.87. The molecule has 0 spiro atoms. The first-order valence-corrected chi connectivity index (χ1v) is 8.30. The largest absolute Gasteiger partial charge is 0.396 e. The van der Waals surface area contributed by atoms with E-state index in [0.717, 1.165) is 4.47 Å². The van der Waals surface area contributed by atoms with Crippen LogP contribution in [0.3, 0.4) is 0 Å². The Balaban J connectivity index is 2.45. The summed E-state index contributed by atoms with van der Waals surface area (Å²) in [6.45, 7) is 3.93. The van der Waals surface area contributed by atoms with Crippen molar-refractivity contribution in [1.82, 2.24) is 0 Å². The number of nitriles is 1. The summed E-state index contributed by atoms with van der Waals surface area (Å²) in [6.07, 6.45) is 0. The third-order valence-corrected chi connectivity index (χ3v) is 5.30. The van der Waals surface area contributed by atoms with Crippen molar-refractivity contribution in [3.05, 3.63) is 31.2 Å². The van der Waals surface area contributed by atoms with E-state index in [1.54, 1.807) is 6.07 Å². The first-order valence-electron chi connectivity index (χ1n) is 5.81. The zero-order valence-corrected chi connectivity index (χ0v) is 14.1. The summed E-state index contributed by atoms with van der Waals surface area (Å²) in [5, 5.41) is 14.9. The Kier molecular flexibility index (Phi) is 4.48. The molecule has 4 nitrogen and oxygen atoms in total. The van der Waals surface area contributed by atoms with Crippen LogP contribution in [0.2, 0.25) is 0 Å². The molecule has 0 radical (unpaired) electrons. The van der Waals surface area contributed by atoms with Crippen LogP contribution in [0.15, 0.2) is 15.9 Å². The van der Waals surface area contributed by atoms with Gasteiger partial charge in [-0.2, -0.15) is 5.26 Å². The third-order valence-electron chi connectivity index (χ3n) is 2.47. The fourth-order valence-electron chi connectivity index (χ4n) is 1.63. The van der Waals surface area contributed by atoms with Crippen LogP contribution in [0.4, 0.5) is 10.7 Å². The molecule has 0 atom stereocenters. The predicted molar refractivity (Wildman–Crippen MR) is 87.7 cm³/mol. The van der Waals surface area contributed by atoms with Gasteiger partial charge in [0.1, 0.15) is 21.5 Å². The van der Waals surface area contributed by atoms with E-state index in [2.05, 4.69) is 27.3 Å². The molecule has 0 saturated heterocycles. The average molecular weight is 370 g/mol. The molecule has 0 aliphatic rings. The number of nitrogens with two attached hydrogens (primary N) is 1. The zero-order valence-electron chi connectivity index (χ0n) is 10.9. The quantitative estimate of drug-likeness (QED) is 0.795. The number of ketones is 1. The van der Waals surface area contributed by atoms with Gasteiger partial charge in [-0.1, -0.05) is 0 Å². The molecule has 0 fully saturated rings. The van der Waals surface area contributed by atoms with E-state index in [0.29, 0.717) is 20.3 Å². The fourth-order valence-corrected chi connectivity index (χ4v) is 4.24. The number of carbonyl (C=O) groups is 1. The highest BCUT2D eigenvalue weighted by molar-refractivity contribution is 9.10. The minimum atomic E-state index is -0.142. The summed E-state index contributed by atoms with van der Waals surface area (Å²) in [4.78, 5) is 13.4. The van der Waals surface area contributed by atoms with Gasteiger partial charge >= 0.3 is 0 Å². The van der Waals surface area contributed by atoms with Crippen molar-refractivity contribution in [2.24, 2.45) is 0 Å². The maximum absolute atomic E-state index is 12.4. The van der Waals surface area contributed by atoms with Crippen molar-refractivity contribution in [2.75, 3.05) is 11.1 Å². The van der Waals surface area contributed by atoms with E-state index < -0.39 is 0 Å². The Bertz CT molecular complexity index is 697. The van der Waals surface area contributed by atoms with Crippen LogP contribution in [0.1, 0.15) is 34.0 Å². The standard InChI is InChI=1S/C13H12BrN3OS2/c1-6(2)17-13-8(4-15)10(16)12(20-13)11(18)9-3-7(14)5-19-9/h3,5-6,17H,16H2,1-2H3. The second kappa shape index (κ2) is 5.95. The van der Waals surface area contributed by atoms with E-state index in [-0.39, 0.29) is 17.5 Å². The summed E-state index contributed by atoms with van der Waals surface area (Å²) in [7, 11) is 0. The Labute approximate surface area is 133 Å². The summed E-state index contributed by atoms with van der Waals surface area (Å²) in [5.74, 6) is -0.142. The number of nitrogens with zero attached hydrogens (tertiary/aromatic N) is 1. The molecule has 0 amide bonds. The number of hydrogen-bond donors (Lipinski definition) is 2. The smallest absolute Gasteiger partial charge is 0.215 e. The van der Waals surface area contributed by atoms with E-state index in [9.17, 15) is 10.1 Å². The number of carbonyl (C=O) groups excluding carboxylic acids is 1. The van der Waals surface area contributed by atoms with Gasteiger partial charge < -0.3 is 11.1 Å². The van der Waals surface area contributed by atoms with Crippen LogP contribution in [0.5, 0.6) is 0 Å². The SMILES string of the molecule is CC(C)Nc1sc(C(=O)c2cc(Br)cs2)c(N)c1C#N. The molecule has 20 heavy (non-hydrogen) atoms. The topological polar surface area (TPSA) is 78.9 Å². The molecule has 2 aromatic heterocycles. The molecule has 0 aromatic carbocycles.